The fourth-order valence-electron chi connectivity index (χ4n) is 3.47. The first-order valence-corrected chi connectivity index (χ1v) is 6.75. The lowest BCUT2D eigenvalue weighted by molar-refractivity contribution is 0.231. The minimum Gasteiger partial charge on any atom is -0.316 e. The Bertz CT molecular complexity index is 402. The van der Waals surface area contributed by atoms with Crippen LogP contribution in [-0.4, -0.2) is 30.6 Å². The number of fused-ring (bicyclic) bond motifs is 1. The van der Waals surface area contributed by atoms with E-state index in [4.69, 9.17) is 0 Å². The molecule has 1 aromatic carbocycles. The number of aryl methyl sites for hydroxylation is 1. The van der Waals surface area contributed by atoms with Gasteiger partial charge in [-0.05, 0) is 49.9 Å². The van der Waals surface area contributed by atoms with Gasteiger partial charge in [-0.25, -0.2) is 0 Å². The summed E-state index contributed by atoms with van der Waals surface area (Å²) in [7, 11) is 0. The Labute approximate surface area is 104 Å². The van der Waals surface area contributed by atoms with Gasteiger partial charge in [0.1, 0.15) is 0 Å². The Hall–Kier alpha value is -0.860. The molecule has 3 atom stereocenters. The van der Waals surface area contributed by atoms with E-state index >= 15 is 0 Å². The summed E-state index contributed by atoms with van der Waals surface area (Å²) in [6.07, 6.45) is 0. The van der Waals surface area contributed by atoms with Gasteiger partial charge in [0.05, 0.1) is 0 Å². The third-order valence-corrected chi connectivity index (χ3v) is 4.69. The molecule has 2 aliphatic heterocycles. The number of hydrogen-bond acceptors (Lipinski definition) is 2. The molecule has 0 aliphatic carbocycles. The smallest absolute Gasteiger partial charge is 0.0239 e. The Balaban J connectivity index is 1.73. The van der Waals surface area contributed by atoms with Gasteiger partial charge in [-0.2, -0.15) is 0 Å². The molecule has 1 aromatic rings. The fraction of sp³-hybridized carbons (Fsp3) is 0.600. The van der Waals surface area contributed by atoms with Crippen LogP contribution in [0.15, 0.2) is 24.3 Å². The molecule has 0 radical (unpaired) electrons. The zero-order valence-electron chi connectivity index (χ0n) is 10.8. The molecule has 0 amide bonds. The van der Waals surface area contributed by atoms with Crippen LogP contribution in [0.5, 0.6) is 0 Å². The molecule has 0 spiro atoms. The van der Waals surface area contributed by atoms with E-state index in [-0.39, 0.29) is 0 Å². The van der Waals surface area contributed by atoms with Crippen molar-refractivity contribution >= 4 is 0 Å². The number of hydrogen-bond donors (Lipinski definition) is 1. The summed E-state index contributed by atoms with van der Waals surface area (Å²) in [5, 5.41) is 3.52. The maximum atomic E-state index is 3.52. The zero-order chi connectivity index (χ0) is 11.8. The quantitative estimate of drug-likeness (QED) is 0.836. The highest BCUT2D eigenvalue weighted by atomic mass is 15.2. The highest BCUT2D eigenvalue weighted by Crippen LogP contribution is 2.33. The van der Waals surface area contributed by atoms with Gasteiger partial charge in [0.25, 0.3) is 0 Å². The minimum atomic E-state index is 0.731. The van der Waals surface area contributed by atoms with Crippen molar-refractivity contribution in [2.45, 2.75) is 26.4 Å². The lowest BCUT2D eigenvalue weighted by atomic mass is 9.95. The van der Waals surface area contributed by atoms with Crippen LogP contribution < -0.4 is 5.32 Å². The highest BCUT2D eigenvalue weighted by molar-refractivity contribution is 5.25. The molecular weight excluding hydrogens is 208 g/mol. The molecule has 2 fully saturated rings. The molecule has 2 heteroatoms. The first-order valence-electron chi connectivity index (χ1n) is 6.75. The van der Waals surface area contributed by atoms with Crippen LogP contribution in [0.2, 0.25) is 0 Å². The highest BCUT2D eigenvalue weighted by Gasteiger charge is 2.41. The topological polar surface area (TPSA) is 15.3 Å². The third kappa shape index (κ3) is 2.00. The van der Waals surface area contributed by atoms with Crippen LogP contribution in [0.1, 0.15) is 18.1 Å². The molecule has 2 heterocycles. The molecular formula is C15H22N2. The summed E-state index contributed by atoms with van der Waals surface area (Å²) in [6.45, 7) is 9.46. The fourth-order valence-corrected chi connectivity index (χ4v) is 3.47. The molecule has 2 saturated heterocycles. The van der Waals surface area contributed by atoms with Crippen LogP contribution in [0, 0.1) is 18.8 Å². The van der Waals surface area contributed by atoms with Crippen LogP contribution in [0.3, 0.4) is 0 Å². The number of nitrogens with one attached hydrogen (secondary N) is 1. The standard InChI is InChI=1S/C15H22N2/c1-11-5-3-4-6-13(11)9-17-10-14-7-16-8-15(14)12(17)2/h3-6,12,14-16H,7-10H2,1-2H3. The largest absolute Gasteiger partial charge is 0.316 e. The Morgan fingerprint density at radius 3 is 2.88 bits per heavy atom. The van der Waals surface area contributed by atoms with E-state index in [0.717, 1.165) is 24.4 Å². The van der Waals surface area contributed by atoms with Crippen LogP contribution >= 0.6 is 0 Å². The van der Waals surface area contributed by atoms with Gasteiger partial charge in [0.15, 0.2) is 0 Å². The molecule has 92 valence electrons. The summed E-state index contributed by atoms with van der Waals surface area (Å²) in [4.78, 5) is 2.67. The van der Waals surface area contributed by atoms with Gasteiger partial charge in [-0.15, -0.1) is 0 Å². The van der Waals surface area contributed by atoms with Gasteiger partial charge in [-0.3, -0.25) is 4.90 Å². The monoisotopic (exact) mass is 230 g/mol. The van der Waals surface area contributed by atoms with E-state index in [1.165, 1.54) is 30.8 Å². The van der Waals surface area contributed by atoms with Crippen LogP contribution in [-0.2, 0) is 6.54 Å². The summed E-state index contributed by atoms with van der Waals surface area (Å²) in [5.74, 6) is 1.76. The van der Waals surface area contributed by atoms with E-state index < -0.39 is 0 Å². The molecule has 0 saturated carbocycles. The molecule has 0 aromatic heterocycles. The van der Waals surface area contributed by atoms with Crippen LogP contribution in [0.4, 0.5) is 0 Å². The molecule has 3 unspecified atom stereocenters. The minimum absolute atomic E-state index is 0.731. The van der Waals surface area contributed by atoms with Crippen molar-refractivity contribution in [1.82, 2.24) is 10.2 Å². The van der Waals surface area contributed by atoms with Gasteiger partial charge in [0.2, 0.25) is 0 Å². The maximum Gasteiger partial charge on any atom is 0.0239 e. The van der Waals surface area contributed by atoms with Crippen molar-refractivity contribution in [2.75, 3.05) is 19.6 Å². The van der Waals surface area contributed by atoms with Gasteiger partial charge < -0.3 is 5.32 Å². The number of benzene rings is 1. The van der Waals surface area contributed by atoms with E-state index in [1.54, 1.807) is 0 Å². The zero-order valence-corrected chi connectivity index (χ0v) is 10.8. The number of nitrogens with zero attached hydrogens (tertiary/aromatic N) is 1. The normalized spacial score (nSPS) is 32.9. The molecule has 17 heavy (non-hydrogen) atoms. The average molecular weight is 230 g/mol. The second-order valence-corrected chi connectivity index (χ2v) is 5.68. The molecule has 0 bridgehead atoms. The Morgan fingerprint density at radius 1 is 1.29 bits per heavy atom. The lowest BCUT2D eigenvalue weighted by Crippen LogP contribution is -2.32. The van der Waals surface area contributed by atoms with Crippen molar-refractivity contribution in [3.63, 3.8) is 0 Å². The van der Waals surface area contributed by atoms with E-state index in [0.29, 0.717) is 0 Å². The molecule has 3 rings (SSSR count). The molecule has 1 N–H and O–H groups in total. The number of likely N-dealkylation sites (tertiary alicyclic amines) is 1. The maximum absolute atomic E-state index is 3.52. The summed E-state index contributed by atoms with van der Waals surface area (Å²) < 4.78 is 0. The predicted octanol–water partition coefficient (Wildman–Crippen LogP) is 2.03. The second-order valence-electron chi connectivity index (χ2n) is 5.68. The molecule has 2 nitrogen and oxygen atoms in total. The van der Waals surface area contributed by atoms with Crippen molar-refractivity contribution in [1.29, 1.82) is 0 Å². The van der Waals surface area contributed by atoms with E-state index in [1.807, 2.05) is 0 Å². The predicted molar refractivity (Wildman–Crippen MR) is 70.9 cm³/mol. The van der Waals surface area contributed by atoms with Crippen molar-refractivity contribution in [2.24, 2.45) is 11.8 Å². The second kappa shape index (κ2) is 4.43. The van der Waals surface area contributed by atoms with Crippen molar-refractivity contribution in [3.8, 4) is 0 Å². The van der Waals surface area contributed by atoms with Crippen LogP contribution in [0.25, 0.3) is 0 Å². The lowest BCUT2D eigenvalue weighted by Gasteiger charge is -2.25. The van der Waals surface area contributed by atoms with Crippen molar-refractivity contribution in [3.05, 3.63) is 35.4 Å². The SMILES string of the molecule is Cc1ccccc1CN1CC2CNCC2C1C. The Kier molecular flexibility index (Phi) is 2.93. The third-order valence-electron chi connectivity index (χ3n) is 4.69. The number of rotatable bonds is 2. The van der Waals surface area contributed by atoms with E-state index in [2.05, 4.69) is 48.3 Å². The van der Waals surface area contributed by atoms with Crippen molar-refractivity contribution < 1.29 is 0 Å². The van der Waals surface area contributed by atoms with Gasteiger partial charge in [-0.1, -0.05) is 24.3 Å². The summed E-state index contributed by atoms with van der Waals surface area (Å²) in [6, 6.07) is 9.51. The average Bonchev–Trinajstić information content (AvgIpc) is 2.87. The van der Waals surface area contributed by atoms with E-state index in [9.17, 15) is 0 Å². The van der Waals surface area contributed by atoms with Gasteiger partial charge >= 0.3 is 0 Å². The van der Waals surface area contributed by atoms with Gasteiger partial charge in [0, 0.05) is 19.1 Å². The first kappa shape index (κ1) is 11.2. The molecule has 2 aliphatic rings. The first-order chi connectivity index (χ1) is 8.25. The summed E-state index contributed by atoms with van der Waals surface area (Å²) in [5.41, 5.74) is 2.92. The Morgan fingerprint density at radius 2 is 2.12 bits per heavy atom. The summed E-state index contributed by atoms with van der Waals surface area (Å²) >= 11 is 0.